The predicted octanol–water partition coefficient (Wildman–Crippen LogP) is 0.0721. The SMILES string of the molecule is COCCCCNS(=O)(=O)c1ncccc1NN. The van der Waals surface area contributed by atoms with E-state index in [1.165, 1.54) is 6.20 Å². The van der Waals surface area contributed by atoms with Crippen molar-refractivity contribution >= 4 is 15.7 Å². The van der Waals surface area contributed by atoms with Crippen LogP contribution in [0, 0.1) is 0 Å². The van der Waals surface area contributed by atoms with Gasteiger partial charge in [-0.25, -0.2) is 18.1 Å². The van der Waals surface area contributed by atoms with Crippen molar-refractivity contribution in [2.45, 2.75) is 17.9 Å². The molecule has 0 unspecified atom stereocenters. The van der Waals surface area contributed by atoms with Crippen molar-refractivity contribution < 1.29 is 13.2 Å². The predicted molar refractivity (Wildman–Crippen MR) is 68.3 cm³/mol. The van der Waals surface area contributed by atoms with Crippen LogP contribution >= 0.6 is 0 Å². The molecule has 102 valence electrons. The Balaban J connectivity index is 2.63. The van der Waals surface area contributed by atoms with Crippen molar-refractivity contribution in [3.8, 4) is 0 Å². The Labute approximate surface area is 107 Å². The van der Waals surface area contributed by atoms with Crippen molar-refractivity contribution in [2.75, 3.05) is 25.7 Å². The number of rotatable bonds is 8. The van der Waals surface area contributed by atoms with Crippen LogP contribution in [0.4, 0.5) is 5.69 Å². The van der Waals surface area contributed by atoms with Crippen LogP contribution in [0.2, 0.25) is 0 Å². The average Bonchev–Trinajstić information content (AvgIpc) is 2.38. The van der Waals surface area contributed by atoms with E-state index in [0.29, 0.717) is 19.6 Å². The van der Waals surface area contributed by atoms with Gasteiger partial charge in [0.15, 0.2) is 5.03 Å². The van der Waals surface area contributed by atoms with Gasteiger partial charge in [0.05, 0.1) is 5.69 Å². The number of nitrogens with zero attached hydrogens (tertiary/aromatic N) is 1. The van der Waals surface area contributed by atoms with Crippen molar-refractivity contribution in [3.05, 3.63) is 18.3 Å². The number of sulfonamides is 1. The molecule has 0 fully saturated rings. The molecule has 7 nitrogen and oxygen atoms in total. The second kappa shape index (κ2) is 7.27. The third-order valence-electron chi connectivity index (χ3n) is 2.25. The van der Waals surface area contributed by atoms with Crippen molar-refractivity contribution in [1.82, 2.24) is 9.71 Å². The second-order valence-electron chi connectivity index (χ2n) is 3.60. The zero-order valence-electron chi connectivity index (χ0n) is 10.2. The largest absolute Gasteiger partial charge is 0.385 e. The smallest absolute Gasteiger partial charge is 0.260 e. The molecule has 0 aliphatic heterocycles. The van der Waals surface area contributed by atoms with Gasteiger partial charge in [-0.1, -0.05) is 0 Å². The van der Waals surface area contributed by atoms with Crippen LogP contribution in [0.15, 0.2) is 23.4 Å². The van der Waals surface area contributed by atoms with E-state index in [9.17, 15) is 8.42 Å². The second-order valence-corrected chi connectivity index (χ2v) is 5.28. The summed E-state index contributed by atoms with van der Waals surface area (Å²) in [6.07, 6.45) is 2.90. The van der Waals surface area contributed by atoms with Crippen LogP contribution in [0.5, 0.6) is 0 Å². The Bertz CT molecular complexity index is 464. The fourth-order valence-corrected chi connectivity index (χ4v) is 2.53. The minimum atomic E-state index is -3.63. The molecular formula is C10H18N4O3S. The van der Waals surface area contributed by atoms with Crippen molar-refractivity contribution in [2.24, 2.45) is 5.84 Å². The standard InChI is InChI=1S/C10H18N4O3S/c1-17-8-3-2-7-13-18(15,16)10-9(14-11)5-4-6-12-10/h4-6,13-14H,2-3,7-8,11H2,1H3. The number of pyridine rings is 1. The van der Waals surface area contributed by atoms with Gasteiger partial charge in [-0.2, -0.15) is 0 Å². The van der Waals surface area contributed by atoms with Gasteiger partial charge >= 0.3 is 0 Å². The number of nitrogens with two attached hydrogens (primary N) is 1. The van der Waals surface area contributed by atoms with E-state index >= 15 is 0 Å². The first-order chi connectivity index (χ1) is 8.61. The van der Waals surface area contributed by atoms with Gasteiger partial charge in [0, 0.05) is 26.5 Å². The van der Waals surface area contributed by atoms with E-state index in [-0.39, 0.29) is 10.7 Å². The van der Waals surface area contributed by atoms with Gasteiger partial charge in [-0.05, 0) is 25.0 Å². The zero-order chi connectivity index (χ0) is 13.4. The normalized spacial score (nSPS) is 11.4. The number of ether oxygens (including phenoxy) is 1. The molecule has 0 aromatic carbocycles. The summed E-state index contributed by atoms with van der Waals surface area (Å²) in [5.41, 5.74) is 2.58. The molecule has 1 aromatic heterocycles. The van der Waals surface area contributed by atoms with E-state index in [1.807, 2.05) is 0 Å². The molecule has 0 radical (unpaired) electrons. The molecule has 1 heterocycles. The lowest BCUT2D eigenvalue weighted by Crippen LogP contribution is -2.27. The number of hydrazine groups is 1. The molecule has 0 bridgehead atoms. The highest BCUT2D eigenvalue weighted by molar-refractivity contribution is 7.89. The lowest BCUT2D eigenvalue weighted by molar-refractivity contribution is 0.193. The van der Waals surface area contributed by atoms with E-state index in [0.717, 1.165) is 6.42 Å². The quantitative estimate of drug-likeness (QED) is 0.352. The summed E-state index contributed by atoms with van der Waals surface area (Å²) in [6.45, 7) is 0.952. The number of nitrogen functional groups attached to an aromatic ring is 1. The first-order valence-corrected chi connectivity index (χ1v) is 7.00. The minimum Gasteiger partial charge on any atom is -0.385 e. The third kappa shape index (κ3) is 4.22. The highest BCUT2D eigenvalue weighted by Crippen LogP contribution is 2.16. The lowest BCUT2D eigenvalue weighted by atomic mass is 10.3. The Kier molecular flexibility index (Phi) is 5.99. The number of hydrogen-bond donors (Lipinski definition) is 3. The summed E-state index contributed by atoms with van der Waals surface area (Å²) in [6, 6.07) is 3.15. The Morgan fingerprint density at radius 3 is 2.89 bits per heavy atom. The van der Waals surface area contributed by atoms with Crippen LogP contribution in [0.25, 0.3) is 0 Å². The number of anilines is 1. The maximum Gasteiger partial charge on any atom is 0.260 e. The molecule has 0 aliphatic rings. The Hall–Kier alpha value is -1.22. The van der Waals surface area contributed by atoms with Gasteiger partial charge in [-0.3, -0.25) is 5.84 Å². The molecule has 0 spiro atoms. The van der Waals surface area contributed by atoms with Crippen LogP contribution in [-0.4, -0.2) is 33.7 Å². The summed E-state index contributed by atoms with van der Waals surface area (Å²) in [4.78, 5) is 3.82. The highest BCUT2D eigenvalue weighted by atomic mass is 32.2. The van der Waals surface area contributed by atoms with E-state index in [2.05, 4.69) is 15.1 Å². The molecule has 1 rings (SSSR count). The molecule has 4 N–H and O–H groups in total. The molecule has 1 aromatic rings. The monoisotopic (exact) mass is 274 g/mol. The number of nitrogens with one attached hydrogen (secondary N) is 2. The van der Waals surface area contributed by atoms with Crippen molar-refractivity contribution in [3.63, 3.8) is 0 Å². The van der Waals surface area contributed by atoms with Gasteiger partial charge in [-0.15, -0.1) is 0 Å². The minimum absolute atomic E-state index is 0.0979. The number of methoxy groups -OCH3 is 1. The molecule has 0 saturated heterocycles. The molecule has 0 aliphatic carbocycles. The van der Waals surface area contributed by atoms with Gasteiger partial charge < -0.3 is 10.2 Å². The molecule has 0 saturated carbocycles. The van der Waals surface area contributed by atoms with Crippen LogP contribution in [0.1, 0.15) is 12.8 Å². The van der Waals surface area contributed by atoms with Crippen molar-refractivity contribution in [1.29, 1.82) is 0 Å². The molecule has 0 atom stereocenters. The van der Waals surface area contributed by atoms with E-state index in [1.54, 1.807) is 19.2 Å². The summed E-state index contributed by atoms with van der Waals surface area (Å²) >= 11 is 0. The molecule has 18 heavy (non-hydrogen) atoms. The van der Waals surface area contributed by atoms with Crippen LogP contribution in [-0.2, 0) is 14.8 Å². The van der Waals surface area contributed by atoms with Crippen LogP contribution in [0.3, 0.4) is 0 Å². The summed E-state index contributed by atoms with van der Waals surface area (Å²) in [5.74, 6) is 5.24. The number of unbranched alkanes of at least 4 members (excludes halogenated alkanes) is 1. The fraction of sp³-hybridized carbons (Fsp3) is 0.500. The fourth-order valence-electron chi connectivity index (χ4n) is 1.36. The highest BCUT2D eigenvalue weighted by Gasteiger charge is 2.18. The molecule has 0 amide bonds. The first kappa shape index (κ1) is 14.8. The average molecular weight is 274 g/mol. The molecular weight excluding hydrogens is 256 g/mol. The summed E-state index contributed by atoms with van der Waals surface area (Å²) < 4.78 is 31.2. The zero-order valence-corrected chi connectivity index (χ0v) is 11.0. The van der Waals surface area contributed by atoms with Gasteiger partial charge in [0.1, 0.15) is 0 Å². The topological polar surface area (TPSA) is 106 Å². The van der Waals surface area contributed by atoms with E-state index < -0.39 is 10.0 Å². The Morgan fingerprint density at radius 1 is 1.44 bits per heavy atom. The summed E-state index contributed by atoms with van der Waals surface area (Å²) in [5, 5.41) is -0.0979. The Morgan fingerprint density at radius 2 is 2.22 bits per heavy atom. The van der Waals surface area contributed by atoms with E-state index in [4.69, 9.17) is 10.6 Å². The number of hydrogen-bond acceptors (Lipinski definition) is 6. The maximum absolute atomic E-state index is 11.9. The number of aromatic nitrogens is 1. The van der Waals surface area contributed by atoms with Crippen LogP contribution < -0.4 is 16.0 Å². The summed E-state index contributed by atoms with van der Waals surface area (Å²) in [7, 11) is -2.03. The van der Waals surface area contributed by atoms with Gasteiger partial charge in [0.25, 0.3) is 10.0 Å². The molecule has 8 heteroatoms. The maximum atomic E-state index is 11.9. The van der Waals surface area contributed by atoms with Gasteiger partial charge in [0.2, 0.25) is 0 Å². The first-order valence-electron chi connectivity index (χ1n) is 5.52. The lowest BCUT2D eigenvalue weighted by Gasteiger charge is -2.09. The third-order valence-corrected chi connectivity index (χ3v) is 3.67.